The molecule has 1 aliphatic heterocycles. The van der Waals surface area contributed by atoms with E-state index in [9.17, 15) is 8.42 Å². The van der Waals surface area contributed by atoms with E-state index in [1.54, 1.807) is 23.0 Å². The molecule has 0 radical (unpaired) electrons. The molecule has 2 heterocycles. The van der Waals surface area contributed by atoms with Gasteiger partial charge in [0.05, 0.1) is 16.8 Å². The van der Waals surface area contributed by atoms with Crippen molar-refractivity contribution >= 4 is 21.4 Å². The van der Waals surface area contributed by atoms with Gasteiger partial charge in [0.25, 0.3) is 10.0 Å². The van der Waals surface area contributed by atoms with Crippen LogP contribution in [0, 0.1) is 0 Å². The average molecular weight is 292 g/mol. The van der Waals surface area contributed by atoms with E-state index in [0.29, 0.717) is 12.2 Å². The number of benzene rings is 1. The number of anilines is 2. The number of hydrogen-bond donors (Lipinski definition) is 2. The van der Waals surface area contributed by atoms with Gasteiger partial charge < -0.3 is 5.32 Å². The summed E-state index contributed by atoms with van der Waals surface area (Å²) in [6, 6.07) is 5.15. The van der Waals surface area contributed by atoms with Crippen molar-refractivity contribution < 1.29 is 8.42 Å². The van der Waals surface area contributed by atoms with E-state index >= 15 is 0 Å². The molecule has 20 heavy (non-hydrogen) atoms. The number of aromatic nitrogens is 2. The van der Waals surface area contributed by atoms with Crippen molar-refractivity contribution in [3.8, 4) is 0 Å². The van der Waals surface area contributed by atoms with Crippen molar-refractivity contribution in [3.05, 3.63) is 36.2 Å². The number of nitrogens with zero attached hydrogens (tertiary/aromatic N) is 2. The Balaban J connectivity index is 1.88. The maximum atomic E-state index is 12.3. The highest BCUT2D eigenvalue weighted by Gasteiger charge is 2.18. The van der Waals surface area contributed by atoms with E-state index in [1.165, 1.54) is 6.20 Å². The van der Waals surface area contributed by atoms with E-state index in [0.717, 1.165) is 24.2 Å². The lowest BCUT2D eigenvalue weighted by atomic mass is 10.2. The Labute approximate surface area is 117 Å². The Morgan fingerprint density at radius 3 is 3.05 bits per heavy atom. The predicted octanol–water partition coefficient (Wildman–Crippen LogP) is 1.67. The second-order valence-electron chi connectivity index (χ2n) is 4.69. The van der Waals surface area contributed by atoms with Crippen molar-refractivity contribution in [1.82, 2.24) is 9.78 Å². The van der Waals surface area contributed by atoms with Gasteiger partial charge in [0.15, 0.2) is 0 Å². The van der Waals surface area contributed by atoms with Crippen molar-refractivity contribution in [1.29, 1.82) is 0 Å². The third-order valence-corrected chi connectivity index (χ3v) is 4.69. The summed E-state index contributed by atoms with van der Waals surface area (Å²) in [7, 11) is -3.56. The molecule has 1 aromatic heterocycles. The molecule has 0 atom stereocenters. The van der Waals surface area contributed by atoms with Gasteiger partial charge in [-0.2, -0.15) is 5.10 Å². The van der Waals surface area contributed by atoms with Gasteiger partial charge in [-0.3, -0.25) is 9.40 Å². The molecule has 0 spiro atoms. The highest BCUT2D eigenvalue weighted by Crippen LogP contribution is 2.26. The van der Waals surface area contributed by atoms with Gasteiger partial charge in [-0.15, -0.1) is 0 Å². The topological polar surface area (TPSA) is 76.0 Å². The van der Waals surface area contributed by atoms with Crippen LogP contribution >= 0.6 is 0 Å². The van der Waals surface area contributed by atoms with Crippen LogP contribution in [0.2, 0.25) is 0 Å². The summed E-state index contributed by atoms with van der Waals surface area (Å²) in [4.78, 5) is 0.282. The standard InChI is InChI=1S/C13H16N4O2S/c1-2-17-9-11(8-15-17)16-20(18,19)12-3-4-13-10(7-12)5-6-14-13/h3-4,7-9,14,16H,2,5-6H2,1H3. The Morgan fingerprint density at radius 2 is 2.30 bits per heavy atom. The van der Waals surface area contributed by atoms with Gasteiger partial charge in [-0.1, -0.05) is 0 Å². The van der Waals surface area contributed by atoms with Crippen LogP contribution in [0.1, 0.15) is 12.5 Å². The fourth-order valence-electron chi connectivity index (χ4n) is 2.25. The van der Waals surface area contributed by atoms with Crippen molar-refractivity contribution in [2.75, 3.05) is 16.6 Å². The average Bonchev–Trinajstić information content (AvgIpc) is 3.05. The third-order valence-electron chi connectivity index (χ3n) is 3.31. The van der Waals surface area contributed by atoms with E-state index in [4.69, 9.17) is 0 Å². The smallest absolute Gasteiger partial charge is 0.262 e. The first-order valence-electron chi connectivity index (χ1n) is 6.50. The molecule has 0 fully saturated rings. The van der Waals surface area contributed by atoms with Crippen LogP contribution in [-0.4, -0.2) is 24.7 Å². The van der Waals surface area contributed by atoms with Gasteiger partial charge in [0, 0.05) is 25.0 Å². The van der Waals surface area contributed by atoms with Crippen molar-refractivity contribution in [2.45, 2.75) is 24.8 Å². The molecule has 2 N–H and O–H groups in total. The zero-order chi connectivity index (χ0) is 14.2. The number of hydrogen-bond acceptors (Lipinski definition) is 4. The molecule has 0 bridgehead atoms. The van der Waals surface area contributed by atoms with Crippen LogP contribution in [0.25, 0.3) is 0 Å². The Hall–Kier alpha value is -2.02. The van der Waals surface area contributed by atoms with Gasteiger partial charge >= 0.3 is 0 Å². The molecule has 0 unspecified atom stereocenters. The molecule has 1 aromatic carbocycles. The summed E-state index contributed by atoms with van der Waals surface area (Å²) in [6.45, 7) is 3.50. The second kappa shape index (κ2) is 4.82. The lowest BCUT2D eigenvalue weighted by Crippen LogP contribution is -2.12. The van der Waals surface area contributed by atoms with Gasteiger partial charge in [0.1, 0.15) is 0 Å². The van der Waals surface area contributed by atoms with E-state index in [-0.39, 0.29) is 4.90 Å². The first-order valence-corrected chi connectivity index (χ1v) is 7.99. The highest BCUT2D eigenvalue weighted by molar-refractivity contribution is 7.92. The zero-order valence-electron chi connectivity index (χ0n) is 11.1. The molecule has 0 saturated heterocycles. The number of fused-ring (bicyclic) bond motifs is 1. The molecule has 1 aliphatic rings. The highest BCUT2D eigenvalue weighted by atomic mass is 32.2. The molecule has 0 aliphatic carbocycles. The number of aryl methyl sites for hydroxylation is 1. The molecular formula is C13H16N4O2S. The van der Waals surface area contributed by atoms with Crippen LogP contribution < -0.4 is 10.0 Å². The fraction of sp³-hybridized carbons (Fsp3) is 0.308. The Bertz CT molecular complexity index is 737. The summed E-state index contributed by atoms with van der Waals surface area (Å²) in [5.41, 5.74) is 2.53. The minimum absolute atomic E-state index is 0.282. The summed E-state index contributed by atoms with van der Waals surface area (Å²) in [5, 5.41) is 7.26. The number of nitrogens with one attached hydrogen (secondary N) is 2. The van der Waals surface area contributed by atoms with Gasteiger partial charge in [0.2, 0.25) is 0 Å². The molecule has 2 aromatic rings. The summed E-state index contributed by atoms with van der Waals surface area (Å²) in [5.74, 6) is 0. The molecule has 3 rings (SSSR count). The quantitative estimate of drug-likeness (QED) is 0.899. The summed E-state index contributed by atoms with van der Waals surface area (Å²) >= 11 is 0. The minimum Gasteiger partial charge on any atom is -0.384 e. The van der Waals surface area contributed by atoms with Crippen LogP contribution in [0.3, 0.4) is 0 Å². The van der Waals surface area contributed by atoms with Crippen LogP contribution in [0.15, 0.2) is 35.5 Å². The molecule has 0 amide bonds. The normalized spacial score (nSPS) is 13.8. The van der Waals surface area contributed by atoms with Crippen LogP contribution in [-0.2, 0) is 23.0 Å². The van der Waals surface area contributed by atoms with Gasteiger partial charge in [-0.25, -0.2) is 8.42 Å². The molecule has 6 nitrogen and oxygen atoms in total. The van der Waals surface area contributed by atoms with Crippen LogP contribution in [0.5, 0.6) is 0 Å². The van der Waals surface area contributed by atoms with Crippen molar-refractivity contribution in [2.24, 2.45) is 0 Å². The maximum absolute atomic E-state index is 12.3. The molecule has 0 saturated carbocycles. The molecule has 106 valence electrons. The largest absolute Gasteiger partial charge is 0.384 e. The molecular weight excluding hydrogens is 276 g/mol. The minimum atomic E-state index is -3.56. The lowest BCUT2D eigenvalue weighted by molar-refractivity contribution is 0.601. The summed E-state index contributed by atoms with van der Waals surface area (Å²) in [6.07, 6.45) is 4.04. The van der Waals surface area contributed by atoms with Gasteiger partial charge in [-0.05, 0) is 37.1 Å². The maximum Gasteiger partial charge on any atom is 0.262 e. The number of rotatable bonds is 4. The van der Waals surface area contributed by atoms with E-state index < -0.39 is 10.0 Å². The number of sulfonamides is 1. The Morgan fingerprint density at radius 1 is 1.45 bits per heavy atom. The van der Waals surface area contributed by atoms with Crippen molar-refractivity contribution in [3.63, 3.8) is 0 Å². The predicted molar refractivity (Wildman–Crippen MR) is 77.3 cm³/mol. The van der Waals surface area contributed by atoms with E-state index in [2.05, 4.69) is 15.1 Å². The SMILES string of the molecule is CCn1cc(NS(=O)(=O)c2ccc3c(c2)CCN3)cn1. The fourth-order valence-corrected chi connectivity index (χ4v) is 3.33. The lowest BCUT2D eigenvalue weighted by Gasteiger charge is -2.07. The third kappa shape index (κ3) is 2.36. The van der Waals surface area contributed by atoms with E-state index in [1.807, 2.05) is 13.0 Å². The first-order chi connectivity index (χ1) is 9.58. The first kappa shape index (κ1) is 13.0. The molecule has 7 heteroatoms. The summed E-state index contributed by atoms with van der Waals surface area (Å²) < 4.78 is 28.9. The monoisotopic (exact) mass is 292 g/mol. The Kier molecular flexibility index (Phi) is 3.13. The van der Waals surface area contributed by atoms with Crippen LogP contribution in [0.4, 0.5) is 11.4 Å². The second-order valence-corrected chi connectivity index (χ2v) is 6.37. The zero-order valence-corrected chi connectivity index (χ0v) is 11.9.